The highest BCUT2D eigenvalue weighted by Gasteiger charge is 2.10. The molecular formula is C15H26N2O2. The third-order valence-electron chi connectivity index (χ3n) is 3.00. The van der Waals surface area contributed by atoms with Crippen LogP contribution >= 0.6 is 0 Å². The zero-order valence-electron chi connectivity index (χ0n) is 12.5. The van der Waals surface area contributed by atoms with Crippen LogP contribution in [0, 0.1) is 0 Å². The van der Waals surface area contributed by atoms with Gasteiger partial charge in [-0.25, -0.2) is 0 Å². The van der Waals surface area contributed by atoms with Crippen LogP contribution in [0.5, 0.6) is 11.5 Å². The smallest absolute Gasteiger partial charge is 0.165 e. The number of para-hydroxylation sites is 1. The van der Waals surface area contributed by atoms with Crippen molar-refractivity contribution in [3.05, 3.63) is 23.8 Å². The van der Waals surface area contributed by atoms with Gasteiger partial charge in [-0.2, -0.15) is 0 Å². The SMILES string of the molecule is CCCNCC(C)NCc1cccc(OC)c1OC. The molecule has 0 aliphatic carbocycles. The van der Waals surface area contributed by atoms with Crippen molar-refractivity contribution in [1.82, 2.24) is 10.6 Å². The maximum atomic E-state index is 5.42. The summed E-state index contributed by atoms with van der Waals surface area (Å²) in [7, 11) is 3.33. The molecule has 19 heavy (non-hydrogen) atoms. The number of benzene rings is 1. The molecule has 0 aliphatic rings. The molecule has 0 aliphatic heterocycles. The lowest BCUT2D eigenvalue weighted by Crippen LogP contribution is -2.36. The van der Waals surface area contributed by atoms with Gasteiger partial charge in [0.25, 0.3) is 0 Å². The van der Waals surface area contributed by atoms with Crippen LogP contribution < -0.4 is 20.1 Å². The fourth-order valence-corrected chi connectivity index (χ4v) is 1.94. The van der Waals surface area contributed by atoms with Crippen LogP contribution in [-0.4, -0.2) is 33.4 Å². The van der Waals surface area contributed by atoms with Crippen molar-refractivity contribution < 1.29 is 9.47 Å². The Morgan fingerprint density at radius 2 is 2.00 bits per heavy atom. The van der Waals surface area contributed by atoms with E-state index in [-0.39, 0.29) is 0 Å². The predicted molar refractivity (Wildman–Crippen MR) is 79.0 cm³/mol. The summed E-state index contributed by atoms with van der Waals surface area (Å²) >= 11 is 0. The van der Waals surface area contributed by atoms with Crippen LogP contribution in [0.1, 0.15) is 25.8 Å². The van der Waals surface area contributed by atoms with Crippen LogP contribution in [0.25, 0.3) is 0 Å². The number of rotatable bonds is 9. The van der Waals surface area contributed by atoms with Gasteiger partial charge in [0.1, 0.15) is 0 Å². The van der Waals surface area contributed by atoms with Crippen molar-refractivity contribution in [2.24, 2.45) is 0 Å². The van der Waals surface area contributed by atoms with Crippen molar-refractivity contribution in [3.8, 4) is 11.5 Å². The fraction of sp³-hybridized carbons (Fsp3) is 0.600. The van der Waals surface area contributed by atoms with Crippen LogP contribution in [-0.2, 0) is 6.54 Å². The van der Waals surface area contributed by atoms with E-state index < -0.39 is 0 Å². The number of methoxy groups -OCH3 is 2. The van der Waals surface area contributed by atoms with Crippen LogP contribution in [0.3, 0.4) is 0 Å². The first-order valence-corrected chi connectivity index (χ1v) is 6.86. The number of ether oxygens (including phenoxy) is 2. The largest absolute Gasteiger partial charge is 0.493 e. The van der Waals surface area contributed by atoms with Crippen LogP contribution in [0.4, 0.5) is 0 Å². The van der Waals surface area contributed by atoms with Gasteiger partial charge in [-0.3, -0.25) is 0 Å². The van der Waals surface area contributed by atoms with Crippen molar-refractivity contribution in [1.29, 1.82) is 0 Å². The van der Waals surface area contributed by atoms with E-state index in [1.54, 1.807) is 14.2 Å². The van der Waals surface area contributed by atoms with Crippen LogP contribution in [0.15, 0.2) is 18.2 Å². The van der Waals surface area contributed by atoms with E-state index in [4.69, 9.17) is 9.47 Å². The van der Waals surface area contributed by atoms with E-state index in [1.807, 2.05) is 12.1 Å². The van der Waals surface area contributed by atoms with Crippen molar-refractivity contribution in [3.63, 3.8) is 0 Å². The highest BCUT2D eigenvalue weighted by Crippen LogP contribution is 2.30. The van der Waals surface area contributed by atoms with Gasteiger partial charge in [-0.15, -0.1) is 0 Å². The minimum Gasteiger partial charge on any atom is -0.493 e. The van der Waals surface area contributed by atoms with E-state index in [0.717, 1.165) is 43.1 Å². The summed E-state index contributed by atoms with van der Waals surface area (Å²) in [5, 5.41) is 6.89. The highest BCUT2D eigenvalue weighted by atomic mass is 16.5. The lowest BCUT2D eigenvalue weighted by atomic mass is 10.1. The number of hydrogen-bond acceptors (Lipinski definition) is 4. The minimum atomic E-state index is 0.419. The molecule has 0 radical (unpaired) electrons. The first-order valence-electron chi connectivity index (χ1n) is 6.86. The molecule has 1 atom stereocenters. The van der Waals surface area contributed by atoms with E-state index in [1.165, 1.54) is 0 Å². The molecule has 108 valence electrons. The Morgan fingerprint density at radius 1 is 1.21 bits per heavy atom. The lowest BCUT2D eigenvalue weighted by Gasteiger charge is -2.17. The molecule has 0 amide bonds. The minimum absolute atomic E-state index is 0.419. The van der Waals surface area contributed by atoms with E-state index in [2.05, 4.69) is 30.5 Å². The molecule has 2 N–H and O–H groups in total. The monoisotopic (exact) mass is 266 g/mol. The Morgan fingerprint density at radius 3 is 2.63 bits per heavy atom. The summed E-state index contributed by atoms with van der Waals surface area (Å²) in [6.45, 7) is 7.16. The average Bonchev–Trinajstić information content (AvgIpc) is 2.44. The van der Waals surface area contributed by atoms with Crippen LogP contribution in [0.2, 0.25) is 0 Å². The lowest BCUT2D eigenvalue weighted by molar-refractivity contribution is 0.349. The molecule has 1 rings (SSSR count). The summed E-state index contributed by atoms with van der Waals surface area (Å²) in [6, 6.07) is 6.37. The van der Waals surface area contributed by atoms with Gasteiger partial charge in [0.05, 0.1) is 14.2 Å². The Hall–Kier alpha value is -1.26. The Bertz CT molecular complexity index is 369. The second-order valence-electron chi connectivity index (χ2n) is 4.64. The molecule has 1 unspecified atom stereocenters. The van der Waals surface area contributed by atoms with Gasteiger partial charge >= 0.3 is 0 Å². The number of nitrogens with one attached hydrogen (secondary N) is 2. The fourth-order valence-electron chi connectivity index (χ4n) is 1.94. The zero-order valence-corrected chi connectivity index (χ0v) is 12.5. The Labute approximate surface area is 116 Å². The molecule has 0 saturated heterocycles. The molecule has 0 fully saturated rings. The van der Waals surface area contributed by atoms with Gasteiger partial charge in [0.2, 0.25) is 0 Å². The van der Waals surface area contributed by atoms with Gasteiger partial charge in [-0.05, 0) is 26.0 Å². The molecule has 1 aromatic carbocycles. The predicted octanol–water partition coefficient (Wildman–Crippen LogP) is 2.18. The van der Waals surface area contributed by atoms with E-state index in [9.17, 15) is 0 Å². The third-order valence-corrected chi connectivity index (χ3v) is 3.00. The number of hydrogen-bond donors (Lipinski definition) is 2. The summed E-state index contributed by atoms with van der Waals surface area (Å²) < 4.78 is 10.7. The molecule has 0 heterocycles. The standard InChI is InChI=1S/C15H26N2O2/c1-5-9-16-10-12(2)17-11-13-7-6-8-14(18-3)15(13)19-4/h6-8,12,16-17H,5,9-11H2,1-4H3. The van der Waals surface area contributed by atoms with Crippen molar-refractivity contribution in [2.75, 3.05) is 27.3 Å². The van der Waals surface area contributed by atoms with Gasteiger partial charge in [0, 0.05) is 24.7 Å². The molecule has 0 aromatic heterocycles. The molecular weight excluding hydrogens is 240 g/mol. The molecule has 0 saturated carbocycles. The Balaban J connectivity index is 2.52. The molecule has 0 spiro atoms. The highest BCUT2D eigenvalue weighted by molar-refractivity contribution is 5.46. The first-order chi connectivity index (χ1) is 9.22. The summed E-state index contributed by atoms with van der Waals surface area (Å²) in [5.41, 5.74) is 1.11. The normalized spacial score (nSPS) is 12.2. The zero-order chi connectivity index (χ0) is 14.1. The topological polar surface area (TPSA) is 42.5 Å². The van der Waals surface area contributed by atoms with Gasteiger partial charge in [0.15, 0.2) is 11.5 Å². The maximum Gasteiger partial charge on any atom is 0.165 e. The molecule has 4 nitrogen and oxygen atoms in total. The molecule has 4 heteroatoms. The second kappa shape index (κ2) is 8.77. The van der Waals surface area contributed by atoms with Gasteiger partial charge in [-0.1, -0.05) is 19.1 Å². The average molecular weight is 266 g/mol. The second-order valence-corrected chi connectivity index (χ2v) is 4.64. The van der Waals surface area contributed by atoms with Gasteiger partial charge < -0.3 is 20.1 Å². The Kier molecular flexibility index (Phi) is 7.30. The first kappa shape index (κ1) is 15.8. The summed E-state index contributed by atoms with van der Waals surface area (Å²) in [6.07, 6.45) is 1.16. The maximum absolute atomic E-state index is 5.42. The quantitative estimate of drug-likeness (QED) is 0.672. The third kappa shape index (κ3) is 5.09. The molecule has 0 bridgehead atoms. The van der Waals surface area contributed by atoms with E-state index >= 15 is 0 Å². The van der Waals surface area contributed by atoms with E-state index in [0.29, 0.717) is 6.04 Å². The summed E-state index contributed by atoms with van der Waals surface area (Å²) in [4.78, 5) is 0. The van der Waals surface area contributed by atoms with Crippen molar-refractivity contribution >= 4 is 0 Å². The molecule has 1 aromatic rings. The summed E-state index contributed by atoms with van der Waals surface area (Å²) in [5.74, 6) is 1.59. The van der Waals surface area contributed by atoms with Crippen molar-refractivity contribution in [2.45, 2.75) is 32.9 Å².